The number of amides is 2. The Morgan fingerprint density at radius 2 is 1.69 bits per heavy atom. The highest BCUT2D eigenvalue weighted by Crippen LogP contribution is 2.14. The molecule has 2 amide bonds. The van der Waals surface area contributed by atoms with Gasteiger partial charge in [-0.15, -0.1) is 0 Å². The number of hydrogen-bond acceptors (Lipinski definition) is 3. The second-order valence-corrected chi connectivity index (χ2v) is 6.46. The molecule has 1 aliphatic heterocycles. The lowest BCUT2D eigenvalue weighted by Gasteiger charge is -2.22. The van der Waals surface area contributed by atoms with Gasteiger partial charge in [0.1, 0.15) is 5.82 Å². The van der Waals surface area contributed by atoms with Crippen molar-refractivity contribution in [3.8, 4) is 0 Å². The molecular formula is C20H22FN3O2. The van der Waals surface area contributed by atoms with Gasteiger partial charge in [-0.2, -0.15) is 0 Å². The van der Waals surface area contributed by atoms with Gasteiger partial charge in [-0.05, 0) is 36.2 Å². The predicted molar refractivity (Wildman–Crippen MR) is 97.2 cm³/mol. The van der Waals surface area contributed by atoms with Crippen molar-refractivity contribution in [1.82, 2.24) is 9.80 Å². The van der Waals surface area contributed by atoms with Crippen LogP contribution in [0.4, 0.5) is 4.39 Å². The Morgan fingerprint density at radius 3 is 2.38 bits per heavy atom. The molecule has 1 saturated heterocycles. The highest BCUT2D eigenvalue weighted by molar-refractivity contribution is 5.94. The molecule has 0 unspecified atom stereocenters. The van der Waals surface area contributed by atoms with E-state index < -0.39 is 11.7 Å². The van der Waals surface area contributed by atoms with E-state index in [4.69, 9.17) is 5.73 Å². The second kappa shape index (κ2) is 8.10. The topological polar surface area (TPSA) is 66.6 Å². The van der Waals surface area contributed by atoms with E-state index in [1.807, 2.05) is 12.1 Å². The highest BCUT2D eigenvalue weighted by atomic mass is 19.1. The quantitative estimate of drug-likeness (QED) is 0.915. The molecule has 1 fully saturated rings. The number of carbonyl (C=O) groups excluding carboxylic acids is 2. The molecule has 0 aromatic heterocycles. The van der Waals surface area contributed by atoms with E-state index in [0.29, 0.717) is 18.7 Å². The molecule has 26 heavy (non-hydrogen) atoms. The largest absolute Gasteiger partial charge is 0.366 e. The normalized spacial score (nSPS) is 15.5. The molecule has 6 heteroatoms. The third-order valence-electron chi connectivity index (χ3n) is 4.62. The van der Waals surface area contributed by atoms with E-state index in [9.17, 15) is 14.0 Å². The molecule has 2 aromatic rings. The van der Waals surface area contributed by atoms with Gasteiger partial charge in [-0.1, -0.05) is 24.3 Å². The van der Waals surface area contributed by atoms with Crippen molar-refractivity contribution in [3.05, 3.63) is 71.0 Å². The van der Waals surface area contributed by atoms with Gasteiger partial charge in [0.2, 0.25) is 5.91 Å². The Hall–Kier alpha value is -2.73. The Morgan fingerprint density at radius 1 is 0.962 bits per heavy atom. The average molecular weight is 355 g/mol. The minimum Gasteiger partial charge on any atom is -0.366 e. The number of benzene rings is 2. The van der Waals surface area contributed by atoms with Crippen LogP contribution in [0.3, 0.4) is 0 Å². The molecule has 1 aliphatic rings. The summed E-state index contributed by atoms with van der Waals surface area (Å²) < 4.78 is 13.9. The zero-order valence-electron chi connectivity index (χ0n) is 14.5. The smallest absolute Gasteiger partial charge is 0.256 e. The van der Waals surface area contributed by atoms with Crippen molar-refractivity contribution in [3.63, 3.8) is 0 Å². The highest BCUT2D eigenvalue weighted by Gasteiger charge is 2.22. The molecule has 5 nitrogen and oxygen atoms in total. The lowest BCUT2D eigenvalue weighted by Crippen LogP contribution is -2.35. The van der Waals surface area contributed by atoms with Gasteiger partial charge in [0, 0.05) is 38.3 Å². The molecule has 2 N–H and O–H groups in total. The fourth-order valence-corrected chi connectivity index (χ4v) is 3.17. The molecule has 136 valence electrons. The molecular weight excluding hydrogens is 333 g/mol. The van der Waals surface area contributed by atoms with Gasteiger partial charge >= 0.3 is 0 Å². The summed E-state index contributed by atoms with van der Waals surface area (Å²) in [4.78, 5) is 27.7. The number of halogens is 1. The van der Waals surface area contributed by atoms with Crippen molar-refractivity contribution in [1.29, 1.82) is 0 Å². The monoisotopic (exact) mass is 355 g/mol. The van der Waals surface area contributed by atoms with E-state index in [1.54, 1.807) is 29.2 Å². The molecule has 0 atom stereocenters. The number of hydrogen-bond donors (Lipinski definition) is 1. The molecule has 0 bridgehead atoms. The van der Waals surface area contributed by atoms with Gasteiger partial charge in [-0.25, -0.2) is 4.39 Å². The minimum atomic E-state index is -0.479. The number of rotatable bonds is 4. The minimum absolute atomic E-state index is 0.128. The summed E-state index contributed by atoms with van der Waals surface area (Å²) in [6.45, 7) is 3.49. The summed E-state index contributed by atoms with van der Waals surface area (Å²) in [5.74, 6) is -1.17. The van der Waals surface area contributed by atoms with Crippen molar-refractivity contribution in [2.24, 2.45) is 5.73 Å². The third-order valence-corrected chi connectivity index (χ3v) is 4.62. The van der Waals surface area contributed by atoms with E-state index in [2.05, 4.69) is 4.90 Å². The summed E-state index contributed by atoms with van der Waals surface area (Å²) in [6, 6.07) is 13.3. The lowest BCUT2D eigenvalue weighted by atomic mass is 10.1. The number of nitrogens with two attached hydrogens (primary N) is 1. The van der Waals surface area contributed by atoms with Crippen molar-refractivity contribution in [2.75, 3.05) is 26.2 Å². The van der Waals surface area contributed by atoms with Crippen LogP contribution in [0.15, 0.2) is 48.5 Å². The average Bonchev–Trinajstić information content (AvgIpc) is 2.88. The van der Waals surface area contributed by atoms with Crippen LogP contribution in [0.2, 0.25) is 0 Å². The first-order valence-electron chi connectivity index (χ1n) is 8.69. The van der Waals surface area contributed by atoms with Crippen molar-refractivity contribution < 1.29 is 14.0 Å². The molecule has 3 rings (SSSR count). The zero-order valence-corrected chi connectivity index (χ0v) is 14.5. The summed E-state index contributed by atoms with van der Waals surface area (Å²) in [7, 11) is 0. The van der Waals surface area contributed by atoms with Crippen LogP contribution in [-0.4, -0.2) is 47.8 Å². The van der Waals surface area contributed by atoms with Crippen LogP contribution in [0.1, 0.15) is 32.7 Å². The first-order valence-corrected chi connectivity index (χ1v) is 8.69. The Labute approximate surface area is 152 Å². The van der Waals surface area contributed by atoms with Crippen LogP contribution in [-0.2, 0) is 6.54 Å². The van der Waals surface area contributed by atoms with Crippen LogP contribution >= 0.6 is 0 Å². The van der Waals surface area contributed by atoms with E-state index >= 15 is 0 Å². The van der Waals surface area contributed by atoms with Gasteiger partial charge in [0.05, 0.1) is 5.56 Å². The SMILES string of the molecule is NC(=O)c1ccc(CN2CCCN(C(=O)c3ccccc3F)CC2)cc1. The summed E-state index contributed by atoms with van der Waals surface area (Å²) in [5.41, 5.74) is 6.96. The van der Waals surface area contributed by atoms with Gasteiger partial charge in [0.15, 0.2) is 0 Å². The number of carbonyl (C=O) groups is 2. The Kier molecular flexibility index (Phi) is 5.63. The lowest BCUT2D eigenvalue weighted by molar-refractivity contribution is 0.0756. The first-order chi connectivity index (χ1) is 12.5. The van der Waals surface area contributed by atoms with Crippen molar-refractivity contribution in [2.45, 2.75) is 13.0 Å². The molecule has 1 heterocycles. The van der Waals surface area contributed by atoms with Gasteiger partial charge in [0.25, 0.3) is 5.91 Å². The molecule has 0 aliphatic carbocycles. The second-order valence-electron chi connectivity index (χ2n) is 6.46. The van der Waals surface area contributed by atoms with Crippen LogP contribution in [0, 0.1) is 5.82 Å². The van der Waals surface area contributed by atoms with Crippen LogP contribution in [0.25, 0.3) is 0 Å². The Balaban J connectivity index is 1.60. The fraction of sp³-hybridized carbons (Fsp3) is 0.300. The van der Waals surface area contributed by atoms with E-state index in [-0.39, 0.29) is 11.5 Å². The van der Waals surface area contributed by atoms with Gasteiger partial charge in [-0.3, -0.25) is 14.5 Å². The van der Waals surface area contributed by atoms with Gasteiger partial charge < -0.3 is 10.6 Å². The molecule has 2 aromatic carbocycles. The third kappa shape index (κ3) is 4.26. The maximum Gasteiger partial charge on any atom is 0.256 e. The summed E-state index contributed by atoms with van der Waals surface area (Å²) in [5, 5.41) is 0. The first kappa shape index (κ1) is 18.1. The predicted octanol–water partition coefficient (Wildman–Crippen LogP) is 2.27. The fourth-order valence-electron chi connectivity index (χ4n) is 3.17. The Bertz CT molecular complexity index is 792. The zero-order chi connectivity index (χ0) is 18.5. The summed E-state index contributed by atoms with van der Waals surface area (Å²) >= 11 is 0. The standard InChI is InChI=1S/C20H22FN3O2/c21-18-5-2-1-4-17(18)20(26)24-11-3-10-23(12-13-24)14-15-6-8-16(9-7-15)19(22)25/h1-2,4-9H,3,10-14H2,(H2,22,25). The number of nitrogens with zero attached hydrogens (tertiary/aromatic N) is 2. The van der Waals surface area contributed by atoms with E-state index in [1.165, 1.54) is 12.1 Å². The molecule has 0 spiro atoms. The maximum absolute atomic E-state index is 13.9. The molecule has 0 saturated carbocycles. The molecule has 0 radical (unpaired) electrons. The number of primary amides is 1. The van der Waals surface area contributed by atoms with Crippen LogP contribution in [0.5, 0.6) is 0 Å². The van der Waals surface area contributed by atoms with Crippen molar-refractivity contribution >= 4 is 11.8 Å². The van der Waals surface area contributed by atoms with Crippen LogP contribution < -0.4 is 5.73 Å². The van der Waals surface area contributed by atoms with E-state index in [0.717, 1.165) is 31.6 Å². The maximum atomic E-state index is 13.9. The summed E-state index contributed by atoms with van der Waals surface area (Å²) in [6.07, 6.45) is 0.833.